The van der Waals surface area contributed by atoms with Crippen molar-refractivity contribution in [3.05, 3.63) is 29.8 Å². The van der Waals surface area contributed by atoms with Crippen LogP contribution in [0.25, 0.3) is 0 Å². The fraction of sp³-hybridized carbons (Fsp3) is 0.754. The highest BCUT2D eigenvalue weighted by molar-refractivity contribution is 7.85. The maximum atomic E-state index is 14.4. The monoisotopic (exact) mass is 1310 g/mol. The number of aliphatic carboxylic acids is 1. The molecular weight excluding hydrogens is 1200 g/mol. The van der Waals surface area contributed by atoms with Crippen molar-refractivity contribution in [2.24, 2.45) is 46.8 Å². The van der Waals surface area contributed by atoms with E-state index in [9.17, 15) is 61.8 Å². The molecule has 4 amide bonds. The SMILES string of the molecule is CC(C)[C@H](N)C(=O)C[C@@H](CCCCNC(=O)COCCOCCCC(=O)COCCOCCNC(=O)CC[C@H](NC(=O)CCCCCCCCCCCCCCCS(=O)(=O)O)C(=O)O)C(=O)C(C)[C@@H](CCCCC(=N)N)C(=O)C[C@@H](Cc1ccc(O)cc1)C(N)=O. The second-order valence-electron chi connectivity index (χ2n) is 24.1. The van der Waals surface area contributed by atoms with Crippen LogP contribution >= 0.6 is 0 Å². The molecule has 1 aromatic rings. The highest BCUT2D eigenvalue weighted by Crippen LogP contribution is 2.31. The summed E-state index contributed by atoms with van der Waals surface area (Å²) in [6.07, 6.45) is 15.9. The summed E-state index contributed by atoms with van der Waals surface area (Å²) in [5, 5.41) is 34.9. The number of amidine groups is 1. The molecule has 0 aliphatic heterocycles. The third-order valence-corrected chi connectivity index (χ3v) is 16.6. The third-order valence-electron chi connectivity index (χ3n) is 15.8. The van der Waals surface area contributed by atoms with Gasteiger partial charge in [0.1, 0.15) is 36.6 Å². The van der Waals surface area contributed by atoms with Gasteiger partial charge in [0.05, 0.1) is 50.7 Å². The van der Waals surface area contributed by atoms with Crippen LogP contribution in [0.1, 0.15) is 200 Å². The summed E-state index contributed by atoms with van der Waals surface area (Å²) in [6.45, 7) is 6.56. The summed E-state index contributed by atoms with van der Waals surface area (Å²) in [4.78, 5) is 116. The fourth-order valence-corrected chi connectivity index (χ4v) is 10.9. The smallest absolute Gasteiger partial charge is 0.326 e. The number of phenolic OH excluding ortho intramolecular Hbond substituents is 1. The first-order valence-corrected chi connectivity index (χ1v) is 34.5. The molecule has 0 fully saturated rings. The van der Waals surface area contributed by atoms with Gasteiger partial charge in [-0.25, -0.2) is 4.79 Å². The number of amides is 4. The number of hydrogen-bond donors (Lipinski definition) is 10. The van der Waals surface area contributed by atoms with Crippen molar-refractivity contribution in [2.45, 2.75) is 213 Å². The number of benzene rings is 1. The van der Waals surface area contributed by atoms with Gasteiger partial charge in [-0.15, -0.1) is 0 Å². The molecule has 1 rings (SSSR count). The van der Waals surface area contributed by atoms with Crippen LogP contribution in [0, 0.1) is 35.0 Å². The molecule has 520 valence electrons. The Bertz CT molecular complexity index is 2410. The Balaban J connectivity index is 2.29. The maximum absolute atomic E-state index is 14.4. The number of nitrogens with one attached hydrogen (secondary N) is 4. The highest BCUT2D eigenvalue weighted by atomic mass is 32.2. The number of ketones is 4. The summed E-state index contributed by atoms with van der Waals surface area (Å²) in [5.74, 6) is -7.50. The normalized spacial score (nSPS) is 13.6. The molecule has 0 radical (unpaired) electrons. The van der Waals surface area contributed by atoms with E-state index in [0.717, 1.165) is 70.6 Å². The molecule has 0 aliphatic rings. The lowest BCUT2D eigenvalue weighted by Gasteiger charge is -2.28. The van der Waals surface area contributed by atoms with E-state index < -0.39 is 57.7 Å². The Labute approximate surface area is 539 Å². The van der Waals surface area contributed by atoms with Gasteiger partial charge >= 0.3 is 5.97 Å². The van der Waals surface area contributed by atoms with Gasteiger partial charge < -0.3 is 62.3 Å². The average Bonchev–Trinajstić information content (AvgIpc) is 1.08. The third kappa shape index (κ3) is 44.4. The van der Waals surface area contributed by atoms with E-state index in [0.29, 0.717) is 69.8 Å². The van der Waals surface area contributed by atoms with Gasteiger partial charge in [0.15, 0.2) is 11.6 Å². The minimum Gasteiger partial charge on any atom is -0.508 e. The highest BCUT2D eigenvalue weighted by Gasteiger charge is 2.36. The summed E-state index contributed by atoms with van der Waals surface area (Å²) >= 11 is 0. The van der Waals surface area contributed by atoms with Gasteiger partial charge in [0.2, 0.25) is 23.6 Å². The number of Topliss-reactive ketones (excluding diaryl/α,β-unsaturated/α-hetero) is 4. The van der Waals surface area contributed by atoms with Gasteiger partial charge in [-0.3, -0.25) is 48.3 Å². The minimum atomic E-state index is -3.86. The predicted octanol–water partition coefficient (Wildman–Crippen LogP) is 6.39. The molecule has 0 bridgehead atoms. The zero-order valence-corrected chi connectivity index (χ0v) is 55.4. The van der Waals surface area contributed by atoms with Crippen LogP contribution in [0.2, 0.25) is 0 Å². The molecule has 6 atom stereocenters. The van der Waals surface area contributed by atoms with Crippen molar-refractivity contribution in [2.75, 3.05) is 71.7 Å². The molecular formula is C65H111N7O18S. The Morgan fingerprint density at radius 2 is 1.10 bits per heavy atom. The summed E-state index contributed by atoms with van der Waals surface area (Å²) in [7, 11) is -3.86. The average molecular weight is 1310 g/mol. The molecule has 91 heavy (non-hydrogen) atoms. The molecule has 25 nitrogen and oxygen atoms in total. The second kappa shape index (κ2) is 50.7. The Hall–Kier alpha value is -5.77. The molecule has 13 N–H and O–H groups in total. The van der Waals surface area contributed by atoms with Gasteiger partial charge in [-0.2, -0.15) is 8.42 Å². The van der Waals surface area contributed by atoms with Gasteiger partial charge in [-0.05, 0) is 81.4 Å². The van der Waals surface area contributed by atoms with E-state index in [1.807, 2.05) is 13.8 Å². The number of carboxylic acid groups (broad SMARTS) is 1. The number of carbonyl (C=O) groups excluding carboxylic acids is 8. The van der Waals surface area contributed by atoms with Crippen molar-refractivity contribution < 1.29 is 85.3 Å². The molecule has 0 saturated heterocycles. The van der Waals surface area contributed by atoms with Crippen LogP contribution in [0.5, 0.6) is 5.75 Å². The van der Waals surface area contributed by atoms with Crippen molar-refractivity contribution in [1.82, 2.24) is 16.0 Å². The first-order chi connectivity index (χ1) is 43.3. The van der Waals surface area contributed by atoms with E-state index in [1.165, 1.54) is 12.1 Å². The topological polar surface area (TPSA) is 423 Å². The largest absolute Gasteiger partial charge is 0.508 e. The summed E-state index contributed by atoms with van der Waals surface area (Å²) in [6, 6.07) is 4.27. The van der Waals surface area contributed by atoms with Gasteiger partial charge in [0.25, 0.3) is 10.1 Å². The molecule has 0 heterocycles. The first kappa shape index (κ1) is 83.2. The predicted molar refractivity (Wildman–Crippen MR) is 345 cm³/mol. The Morgan fingerprint density at radius 3 is 1.68 bits per heavy atom. The number of carboxylic acids is 1. The van der Waals surface area contributed by atoms with Crippen molar-refractivity contribution in [1.29, 1.82) is 5.41 Å². The molecule has 26 heteroatoms. The molecule has 0 saturated carbocycles. The summed E-state index contributed by atoms with van der Waals surface area (Å²) < 4.78 is 52.1. The Morgan fingerprint density at radius 1 is 0.560 bits per heavy atom. The quantitative estimate of drug-likeness (QED) is 0.0146. The Kier molecular flexibility index (Phi) is 46.4. The van der Waals surface area contributed by atoms with Crippen LogP contribution < -0.4 is 33.2 Å². The van der Waals surface area contributed by atoms with Gasteiger partial charge in [0, 0.05) is 81.9 Å². The fourth-order valence-electron chi connectivity index (χ4n) is 10.3. The minimum absolute atomic E-state index is 0.00225. The van der Waals surface area contributed by atoms with E-state index in [1.54, 1.807) is 19.1 Å². The zero-order valence-electron chi connectivity index (χ0n) is 54.5. The molecule has 0 spiro atoms. The lowest BCUT2D eigenvalue weighted by Crippen LogP contribution is -2.41. The molecule has 1 unspecified atom stereocenters. The van der Waals surface area contributed by atoms with Crippen LogP contribution in [-0.4, -0.2) is 166 Å². The number of hydrogen-bond acceptors (Lipinski definition) is 18. The van der Waals surface area contributed by atoms with Crippen molar-refractivity contribution >= 4 is 68.7 Å². The number of unbranched alkanes of at least 4 members (excludes halogenated alkanes) is 14. The van der Waals surface area contributed by atoms with Crippen LogP contribution in [-0.2, 0) is 78.6 Å². The number of phenols is 1. The molecule has 0 aromatic heterocycles. The molecule has 1 aromatic carbocycles. The van der Waals surface area contributed by atoms with E-state index in [-0.39, 0.29) is 175 Å². The number of ether oxygens (including phenoxy) is 4. The van der Waals surface area contributed by atoms with Crippen LogP contribution in [0.4, 0.5) is 0 Å². The number of rotatable bonds is 61. The first-order valence-electron chi connectivity index (χ1n) is 32.9. The number of aromatic hydroxyl groups is 1. The number of carbonyl (C=O) groups is 9. The van der Waals surface area contributed by atoms with E-state index in [4.69, 9.17) is 46.1 Å². The lowest BCUT2D eigenvalue weighted by molar-refractivity contribution is -0.142. The standard InChI is InChI=1S/C65H111N7O18S/c1-47(2)62(68)57(76)43-50(63(80)48(3)54(24-16-17-25-58(66)67)56(75)44-51(64(69)81)42-49-27-29-52(73)30-28-49)22-18-19-33-70-61(79)46-90-40-37-87-35-21-23-53(74)45-89-39-38-88-36-34-71-59(77)32-31-55(65(82)83)72-60(78)26-15-13-11-9-7-5-4-6-8-10-12-14-20-41-91(84,85)86/h27-30,47-48,50-51,54-55,62,73H,4-26,31-46,68H2,1-3H3,(H3,66,67)(H2,69,81)(H,70,79)(H,71,77)(H,72,78)(H,82,83)(H,84,85,86)/t48?,50-,51-,54-,55+,62+/m1/s1. The van der Waals surface area contributed by atoms with Crippen molar-refractivity contribution in [3.8, 4) is 5.75 Å². The number of nitrogens with two attached hydrogens (primary N) is 3. The molecule has 0 aliphatic carbocycles. The van der Waals surface area contributed by atoms with E-state index in [2.05, 4.69) is 16.0 Å². The number of primary amides is 1. The van der Waals surface area contributed by atoms with Crippen LogP contribution in [0.15, 0.2) is 24.3 Å². The summed E-state index contributed by atoms with van der Waals surface area (Å²) in [5.41, 5.74) is 18.3. The van der Waals surface area contributed by atoms with Crippen LogP contribution in [0.3, 0.4) is 0 Å². The van der Waals surface area contributed by atoms with Gasteiger partial charge in [-0.1, -0.05) is 116 Å². The van der Waals surface area contributed by atoms with Crippen molar-refractivity contribution in [3.63, 3.8) is 0 Å². The zero-order chi connectivity index (χ0) is 67.8. The lowest BCUT2D eigenvalue weighted by atomic mass is 9.74. The maximum Gasteiger partial charge on any atom is 0.326 e. The second-order valence-corrected chi connectivity index (χ2v) is 25.7. The van der Waals surface area contributed by atoms with E-state index >= 15 is 0 Å².